The number of aliphatic hydroxyl groups is 1. The van der Waals surface area contributed by atoms with Crippen molar-refractivity contribution in [3.63, 3.8) is 0 Å². The number of aromatic nitrogens is 1. The van der Waals surface area contributed by atoms with Crippen LogP contribution in [-0.2, 0) is 19.7 Å². The highest BCUT2D eigenvalue weighted by Crippen LogP contribution is 2.41. The van der Waals surface area contributed by atoms with Crippen LogP contribution in [-0.4, -0.2) is 65.3 Å². The van der Waals surface area contributed by atoms with Gasteiger partial charge in [-0.05, 0) is 36.1 Å². The lowest BCUT2D eigenvalue weighted by Crippen LogP contribution is -2.67. The number of anilines is 1. The lowest BCUT2D eigenvalue weighted by Gasteiger charge is -2.51. The minimum atomic E-state index is -3.10. The van der Waals surface area contributed by atoms with E-state index in [1.165, 1.54) is 11.0 Å². The van der Waals surface area contributed by atoms with Crippen molar-refractivity contribution in [3.05, 3.63) is 53.2 Å². The third-order valence-electron chi connectivity index (χ3n) is 6.48. The highest BCUT2D eigenvalue weighted by molar-refractivity contribution is 6.02. The molecule has 2 N–H and O–H groups in total. The lowest BCUT2D eigenvalue weighted by molar-refractivity contribution is -0.190. The van der Waals surface area contributed by atoms with Gasteiger partial charge in [0.1, 0.15) is 16.7 Å². The number of aryl methyl sites for hydroxylation is 1. The summed E-state index contributed by atoms with van der Waals surface area (Å²) in [5.41, 5.74) is -0.0968. The average molecular weight is 490 g/mol. The number of halogens is 2. The smallest absolute Gasteiger partial charge is 0.388 e. The third-order valence-corrected chi connectivity index (χ3v) is 6.48. The molecule has 8 nitrogen and oxygen atoms in total. The van der Waals surface area contributed by atoms with E-state index in [0.29, 0.717) is 5.69 Å². The second-order valence-corrected chi connectivity index (χ2v) is 9.61. The molecule has 188 valence electrons. The van der Waals surface area contributed by atoms with Gasteiger partial charge in [-0.3, -0.25) is 9.59 Å². The maximum Gasteiger partial charge on any atom is 0.388 e. The van der Waals surface area contributed by atoms with Crippen LogP contribution in [0.2, 0.25) is 0 Å². The van der Waals surface area contributed by atoms with Gasteiger partial charge < -0.3 is 24.8 Å². The summed E-state index contributed by atoms with van der Waals surface area (Å²) in [6.45, 7) is 2.91. The second-order valence-electron chi connectivity index (χ2n) is 9.61. The molecule has 0 bridgehead atoms. The molecule has 2 aliphatic heterocycles. The van der Waals surface area contributed by atoms with E-state index in [1.54, 1.807) is 13.0 Å². The number of rotatable bonds is 8. The monoisotopic (exact) mass is 489 g/mol. The van der Waals surface area contributed by atoms with Crippen molar-refractivity contribution in [2.45, 2.75) is 50.7 Å². The molecule has 0 saturated carbocycles. The largest absolute Gasteiger partial charge is 0.415 e. The Morgan fingerprint density at radius 1 is 1.20 bits per heavy atom. The summed E-state index contributed by atoms with van der Waals surface area (Å²) in [5.74, 6) is -1.00. The third kappa shape index (κ3) is 4.99. The minimum absolute atomic E-state index is 0.0213. The highest BCUT2D eigenvalue weighted by atomic mass is 19.3. The molecule has 2 saturated heterocycles. The number of benzene rings is 1. The van der Waals surface area contributed by atoms with E-state index in [2.05, 4.69) is 15.0 Å². The Morgan fingerprint density at radius 3 is 2.49 bits per heavy atom. The van der Waals surface area contributed by atoms with Gasteiger partial charge in [0.15, 0.2) is 0 Å². The molecule has 0 spiro atoms. The number of nitrogens with zero attached hydrogens (tertiary/aromatic N) is 2. The number of likely N-dealkylation sites (tertiary alicyclic amines) is 1. The van der Waals surface area contributed by atoms with Crippen LogP contribution in [0.5, 0.6) is 5.88 Å². The quantitative estimate of drug-likeness (QED) is 0.591. The zero-order valence-electron chi connectivity index (χ0n) is 19.9. The first-order valence-electron chi connectivity index (χ1n) is 11.4. The van der Waals surface area contributed by atoms with Crippen LogP contribution in [0.25, 0.3) is 0 Å². The molecule has 3 heterocycles. The topological polar surface area (TPSA) is 101 Å². The molecule has 2 amide bonds. The van der Waals surface area contributed by atoms with Crippen LogP contribution >= 0.6 is 0 Å². The van der Waals surface area contributed by atoms with Gasteiger partial charge >= 0.3 is 6.61 Å². The van der Waals surface area contributed by atoms with Crippen molar-refractivity contribution in [3.8, 4) is 5.88 Å². The SMILES string of the molecule is Cc1ccc(NC(=O)C2(c3ccccc3C(C)C)CN(C(=O)CC3(O)COC3)C2)c(OC(F)F)n1. The van der Waals surface area contributed by atoms with Crippen LogP contribution in [0.4, 0.5) is 14.5 Å². The van der Waals surface area contributed by atoms with E-state index < -0.39 is 23.5 Å². The minimum Gasteiger partial charge on any atom is -0.415 e. The Bertz CT molecular complexity index is 1110. The van der Waals surface area contributed by atoms with Gasteiger partial charge in [0.05, 0.1) is 19.6 Å². The Morgan fingerprint density at radius 2 is 1.89 bits per heavy atom. The van der Waals surface area contributed by atoms with E-state index in [9.17, 15) is 23.5 Å². The summed E-state index contributed by atoms with van der Waals surface area (Å²) in [4.78, 5) is 32.1. The fraction of sp³-hybridized carbons (Fsp3) is 0.480. The number of ether oxygens (including phenoxy) is 2. The van der Waals surface area contributed by atoms with Crippen molar-refractivity contribution >= 4 is 17.5 Å². The summed E-state index contributed by atoms with van der Waals surface area (Å²) >= 11 is 0. The maximum atomic E-state index is 13.7. The summed E-state index contributed by atoms with van der Waals surface area (Å²) in [7, 11) is 0. The van der Waals surface area contributed by atoms with E-state index in [1.807, 2.05) is 38.1 Å². The first-order valence-corrected chi connectivity index (χ1v) is 11.4. The average Bonchev–Trinajstić information content (AvgIpc) is 2.73. The second kappa shape index (κ2) is 9.50. The number of pyridine rings is 1. The van der Waals surface area contributed by atoms with Crippen molar-refractivity contribution in [1.82, 2.24) is 9.88 Å². The number of carbonyl (C=O) groups excluding carboxylic acids is 2. The summed E-state index contributed by atoms with van der Waals surface area (Å²) in [5, 5.41) is 13.0. The Kier molecular flexibility index (Phi) is 6.79. The summed E-state index contributed by atoms with van der Waals surface area (Å²) in [6, 6.07) is 10.6. The molecule has 35 heavy (non-hydrogen) atoms. The Hall–Kier alpha value is -3.11. The van der Waals surface area contributed by atoms with Gasteiger partial charge in [-0.25, -0.2) is 4.98 Å². The predicted molar refractivity (Wildman–Crippen MR) is 123 cm³/mol. The van der Waals surface area contributed by atoms with Gasteiger partial charge in [-0.15, -0.1) is 0 Å². The van der Waals surface area contributed by atoms with Crippen molar-refractivity contribution in [2.75, 3.05) is 31.6 Å². The van der Waals surface area contributed by atoms with Crippen LogP contribution in [0.1, 0.15) is 43.0 Å². The standard InChI is InChI=1S/C25H29F2N3O5/c1-15(2)17-6-4-5-7-18(17)25(11-30(12-25)20(31)10-24(33)13-34-14-24)22(32)29-19-9-8-16(3)28-21(19)35-23(26)27/h4-9,15,23,33H,10-14H2,1-3H3,(H,29,32). The first-order chi connectivity index (χ1) is 16.5. The first kappa shape index (κ1) is 25.0. The molecule has 2 fully saturated rings. The molecule has 2 aliphatic rings. The van der Waals surface area contributed by atoms with Crippen LogP contribution < -0.4 is 10.1 Å². The fourth-order valence-electron chi connectivity index (χ4n) is 4.53. The van der Waals surface area contributed by atoms with Crippen LogP contribution in [0.15, 0.2) is 36.4 Å². The summed E-state index contributed by atoms with van der Waals surface area (Å²) < 4.78 is 35.4. The molecule has 1 aromatic carbocycles. The van der Waals surface area contributed by atoms with Gasteiger partial charge in [0, 0.05) is 18.8 Å². The summed E-state index contributed by atoms with van der Waals surface area (Å²) in [6.07, 6.45) is -0.0925. The Balaban J connectivity index is 1.64. The normalized spacial score (nSPS) is 18.1. The zero-order chi connectivity index (χ0) is 25.4. The molecule has 0 atom stereocenters. The number of amides is 2. The van der Waals surface area contributed by atoms with Crippen LogP contribution in [0.3, 0.4) is 0 Å². The van der Waals surface area contributed by atoms with Gasteiger partial charge in [-0.2, -0.15) is 8.78 Å². The highest BCUT2D eigenvalue weighted by Gasteiger charge is 2.54. The molecule has 4 rings (SSSR count). The zero-order valence-corrected chi connectivity index (χ0v) is 19.9. The molecular formula is C25H29F2N3O5. The van der Waals surface area contributed by atoms with E-state index in [4.69, 9.17) is 4.74 Å². The molecular weight excluding hydrogens is 460 g/mol. The number of nitrogens with one attached hydrogen (secondary N) is 1. The molecule has 10 heteroatoms. The number of hydrogen-bond acceptors (Lipinski definition) is 6. The van der Waals surface area contributed by atoms with Gasteiger partial charge in [0.25, 0.3) is 0 Å². The molecule has 0 aliphatic carbocycles. The predicted octanol–water partition coefficient (Wildman–Crippen LogP) is 2.98. The van der Waals surface area contributed by atoms with Gasteiger partial charge in [0.2, 0.25) is 17.7 Å². The number of alkyl halides is 2. The lowest BCUT2D eigenvalue weighted by atomic mass is 9.69. The van der Waals surface area contributed by atoms with Crippen molar-refractivity contribution in [2.24, 2.45) is 0 Å². The number of carbonyl (C=O) groups is 2. The Labute approximate surface area is 202 Å². The van der Waals surface area contributed by atoms with E-state index in [-0.39, 0.29) is 56.1 Å². The van der Waals surface area contributed by atoms with Gasteiger partial charge in [-0.1, -0.05) is 38.1 Å². The van der Waals surface area contributed by atoms with E-state index >= 15 is 0 Å². The van der Waals surface area contributed by atoms with Crippen molar-refractivity contribution < 1.29 is 33.0 Å². The fourth-order valence-corrected chi connectivity index (χ4v) is 4.53. The maximum absolute atomic E-state index is 13.7. The van der Waals surface area contributed by atoms with Crippen molar-refractivity contribution in [1.29, 1.82) is 0 Å². The van der Waals surface area contributed by atoms with Crippen LogP contribution in [0, 0.1) is 6.92 Å². The molecule has 1 aromatic heterocycles. The molecule has 0 radical (unpaired) electrons. The molecule has 0 unspecified atom stereocenters. The van der Waals surface area contributed by atoms with E-state index in [0.717, 1.165) is 11.1 Å². The number of hydrogen-bond donors (Lipinski definition) is 2. The molecule has 2 aromatic rings.